The Balaban J connectivity index is 2.02. The minimum Gasteiger partial charge on any atom is -0.355 e. The number of nitrogens with one attached hydrogen (secondary N) is 2. The van der Waals surface area contributed by atoms with Crippen LogP contribution < -0.4 is 10.6 Å². The van der Waals surface area contributed by atoms with Crippen molar-refractivity contribution in [3.05, 3.63) is 40.5 Å². The fourth-order valence-electron chi connectivity index (χ4n) is 2.14. The Morgan fingerprint density at radius 1 is 1.28 bits per heavy atom. The summed E-state index contributed by atoms with van der Waals surface area (Å²) in [6.45, 7) is 6.90. The summed E-state index contributed by atoms with van der Waals surface area (Å²) in [7, 11) is 0. The molecule has 1 amide bonds. The molecule has 2 aromatic rings. The van der Waals surface area contributed by atoms with E-state index < -0.39 is 0 Å². The topological polar surface area (TPSA) is 66.9 Å². The predicted molar refractivity (Wildman–Crippen MR) is 105 cm³/mol. The number of aromatic nitrogens is 2. The van der Waals surface area contributed by atoms with Crippen LogP contribution in [0.4, 0.5) is 11.5 Å². The van der Waals surface area contributed by atoms with Crippen molar-refractivity contribution < 1.29 is 4.79 Å². The summed E-state index contributed by atoms with van der Waals surface area (Å²) in [6, 6.07) is 7.72. The quantitative estimate of drug-likeness (QED) is 0.306. The van der Waals surface area contributed by atoms with E-state index in [1.807, 2.05) is 12.1 Å². The number of halogens is 1. The van der Waals surface area contributed by atoms with Crippen molar-refractivity contribution in [2.45, 2.75) is 38.8 Å². The van der Waals surface area contributed by atoms with Crippen LogP contribution in [0.25, 0.3) is 0 Å². The van der Waals surface area contributed by atoms with Crippen LogP contribution in [0.1, 0.15) is 30.9 Å². The van der Waals surface area contributed by atoms with Crippen molar-refractivity contribution >= 4 is 40.8 Å². The largest absolute Gasteiger partial charge is 0.355 e. The number of hydrogen-bond acceptors (Lipinski definition) is 5. The molecular formula is C18H23ClN4OS. The van der Waals surface area contributed by atoms with Gasteiger partial charge in [-0.3, -0.25) is 4.79 Å². The van der Waals surface area contributed by atoms with Gasteiger partial charge in [-0.25, -0.2) is 9.97 Å². The number of thioether (sulfide) groups is 1. The minimum absolute atomic E-state index is 0.0222. The summed E-state index contributed by atoms with van der Waals surface area (Å²) in [5, 5.41) is 6.97. The Hall–Kier alpha value is -1.79. The SMILES string of the molecule is CCCCNC(=O)CSc1nc(Cl)cc(Nc2cccc(C)c2C)n1. The second kappa shape index (κ2) is 9.63. The fraction of sp³-hybridized carbons (Fsp3) is 0.389. The molecule has 5 nitrogen and oxygen atoms in total. The Bertz CT molecular complexity index is 739. The summed E-state index contributed by atoms with van der Waals surface area (Å²) >= 11 is 7.37. The highest BCUT2D eigenvalue weighted by Crippen LogP contribution is 2.25. The van der Waals surface area contributed by atoms with Gasteiger partial charge in [0, 0.05) is 18.3 Å². The molecule has 0 aliphatic heterocycles. The second-order valence-corrected chi connectivity index (χ2v) is 7.05. The molecule has 2 rings (SSSR count). The van der Waals surface area contributed by atoms with Gasteiger partial charge in [-0.15, -0.1) is 0 Å². The number of benzene rings is 1. The Labute approximate surface area is 158 Å². The van der Waals surface area contributed by atoms with Gasteiger partial charge >= 0.3 is 0 Å². The Kier molecular flexibility index (Phi) is 7.52. The first-order valence-corrected chi connectivity index (χ1v) is 9.63. The summed E-state index contributed by atoms with van der Waals surface area (Å²) in [5.41, 5.74) is 3.33. The zero-order valence-corrected chi connectivity index (χ0v) is 16.3. The smallest absolute Gasteiger partial charge is 0.230 e. The zero-order chi connectivity index (χ0) is 18.2. The maximum absolute atomic E-state index is 11.8. The first kappa shape index (κ1) is 19.5. The number of aryl methyl sites for hydroxylation is 1. The normalized spacial score (nSPS) is 10.6. The van der Waals surface area contributed by atoms with Crippen molar-refractivity contribution in [1.82, 2.24) is 15.3 Å². The van der Waals surface area contributed by atoms with Crippen LogP contribution in [-0.2, 0) is 4.79 Å². The van der Waals surface area contributed by atoms with E-state index in [1.165, 1.54) is 17.3 Å². The van der Waals surface area contributed by atoms with Crippen LogP contribution in [0, 0.1) is 13.8 Å². The van der Waals surface area contributed by atoms with E-state index in [-0.39, 0.29) is 11.7 Å². The molecule has 0 spiro atoms. The van der Waals surface area contributed by atoms with Gasteiger partial charge in [0.2, 0.25) is 5.91 Å². The van der Waals surface area contributed by atoms with E-state index in [2.05, 4.69) is 47.4 Å². The summed E-state index contributed by atoms with van der Waals surface area (Å²) in [6.07, 6.45) is 2.03. The van der Waals surface area contributed by atoms with Gasteiger partial charge in [-0.1, -0.05) is 48.8 Å². The first-order chi connectivity index (χ1) is 12.0. The van der Waals surface area contributed by atoms with Gasteiger partial charge in [-0.2, -0.15) is 0 Å². The molecule has 0 unspecified atom stereocenters. The molecule has 0 aliphatic rings. The average molecular weight is 379 g/mol. The van der Waals surface area contributed by atoms with E-state index in [0.29, 0.717) is 22.7 Å². The van der Waals surface area contributed by atoms with Gasteiger partial charge in [0.1, 0.15) is 11.0 Å². The van der Waals surface area contributed by atoms with Gasteiger partial charge < -0.3 is 10.6 Å². The van der Waals surface area contributed by atoms with Crippen LogP contribution in [-0.4, -0.2) is 28.2 Å². The summed E-state index contributed by atoms with van der Waals surface area (Å²) < 4.78 is 0. The maximum Gasteiger partial charge on any atom is 0.230 e. The highest BCUT2D eigenvalue weighted by atomic mass is 35.5. The third-order valence-corrected chi connectivity index (χ3v) is 4.77. The van der Waals surface area contributed by atoms with E-state index in [9.17, 15) is 4.79 Å². The molecular weight excluding hydrogens is 356 g/mol. The van der Waals surface area contributed by atoms with Crippen molar-refractivity contribution in [2.75, 3.05) is 17.6 Å². The molecule has 0 atom stereocenters. The Morgan fingerprint density at radius 2 is 2.08 bits per heavy atom. The third kappa shape index (κ3) is 6.21. The number of anilines is 2. The average Bonchev–Trinajstić information content (AvgIpc) is 2.57. The van der Waals surface area contributed by atoms with Crippen molar-refractivity contribution in [2.24, 2.45) is 0 Å². The lowest BCUT2D eigenvalue weighted by molar-refractivity contribution is -0.118. The van der Waals surface area contributed by atoms with Crippen LogP contribution in [0.5, 0.6) is 0 Å². The molecule has 1 aromatic heterocycles. The molecule has 1 aromatic carbocycles. The van der Waals surface area contributed by atoms with E-state index in [0.717, 1.165) is 24.1 Å². The molecule has 0 saturated carbocycles. The van der Waals surface area contributed by atoms with E-state index in [1.54, 1.807) is 6.07 Å². The van der Waals surface area contributed by atoms with Gasteiger partial charge in [0.05, 0.1) is 5.75 Å². The lowest BCUT2D eigenvalue weighted by atomic mass is 10.1. The molecule has 0 aliphatic carbocycles. The van der Waals surface area contributed by atoms with E-state index >= 15 is 0 Å². The van der Waals surface area contributed by atoms with Crippen molar-refractivity contribution in [1.29, 1.82) is 0 Å². The van der Waals surface area contributed by atoms with Gasteiger partial charge in [0.15, 0.2) is 5.16 Å². The predicted octanol–water partition coefficient (Wildman–Crippen LogP) is 4.50. The molecule has 2 N–H and O–H groups in total. The number of carbonyl (C=O) groups excluding carboxylic acids is 1. The van der Waals surface area contributed by atoms with Crippen LogP contribution >= 0.6 is 23.4 Å². The Morgan fingerprint density at radius 3 is 2.84 bits per heavy atom. The fourth-order valence-corrected chi connectivity index (χ4v) is 3.06. The van der Waals surface area contributed by atoms with Gasteiger partial charge in [-0.05, 0) is 37.5 Å². The van der Waals surface area contributed by atoms with Crippen molar-refractivity contribution in [3.8, 4) is 0 Å². The van der Waals surface area contributed by atoms with E-state index in [4.69, 9.17) is 11.6 Å². The van der Waals surface area contributed by atoms with Crippen LogP contribution in [0.2, 0.25) is 5.15 Å². The molecule has 7 heteroatoms. The van der Waals surface area contributed by atoms with Crippen LogP contribution in [0.3, 0.4) is 0 Å². The molecule has 1 heterocycles. The monoisotopic (exact) mass is 378 g/mol. The molecule has 0 bridgehead atoms. The highest BCUT2D eigenvalue weighted by molar-refractivity contribution is 7.99. The number of unbranched alkanes of at least 4 members (excludes halogenated alkanes) is 1. The molecule has 134 valence electrons. The zero-order valence-electron chi connectivity index (χ0n) is 14.7. The van der Waals surface area contributed by atoms with Gasteiger partial charge in [0.25, 0.3) is 0 Å². The molecule has 25 heavy (non-hydrogen) atoms. The number of nitrogens with zero attached hydrogens (tertiary/aromatic N) is 2. The molecule has 0 saturated heterocycles. The lowest BCUT2D eigenvalue weighted by Gasteiger charge is -2.11. The number of amides is 1. The summed E-state index contributed by atoms with van der Waals surface area (Å²) in [4.78, 5) is 20.4. The molecule has 0 radical (unpaired) electrons. The standard InChI is InChI=1S/C18H23ClN4OS/c1-4-5-9-20-17(24)11-25-18-22-15(19)10-16(23-18)21-14-8-6-7-12(2)13(14)3/h6-8,10H,4-5,9,11H2,1-3H3,(H,20,24)(H,21,22,23). The molecule has 0 fully saturated rings. The summed E-state index contributed by atoms with van der Waals surface area (Å²) in [5.74, 6) is 0.862. The third-order valence-electron chi connectivity index (χ3n) is 3.73. The number of hydrogen-bond donors (Lipinski definition) is 2. The number of carbonyl (C=O) groups is 1. The maximum atomic E-state index is 11.8. The number of rotatable bonds is 8. The lowest BCUT2D eigenvalue weighted by Crippen LogP contribution is -2.26. The minimum atomic E-state index is -0.0222. The highest BCUT2D eigenvalue weighted by Gasteiger charge is 2.09. The first-order valence-electron chi connectivity index (χ1n) is 8.27. The van der Waals surface area contributed by atoms with Crippen LogP contribution in [0.15, 0.2) is 29.4 Å². The second-order valence-electron chi connectivity index (χ2n) is 5.72. The van der Waals surface area contributed by atoms with Crippen molar-refractivity contribution in [3.63, 3.8) is 0 Å².